The van der Waals surface area contributed by atoms with E-state index >= 15 is 4.79 Å². The van der Waals surface area contributed by atoms with Gasteiger partial charge in [-0.25, -0.2) is 13.2 Å². The van der Waals surface area contributed by atoms with Crippen molar-refractivity contribution < 1.29 is 22.7 Å². The van der Waals surface area contributed by atoms with Crippen LogP contribution in [0.5, 0.6) is 5.75 Å². The Balaban J connectivity index is 1.46. The van der Waals surface area contributed by atoms with Crippen LogP contribution in [-0.4, -0.2) is 92.7 Å². The van der Waals surface area contributed by atoms with E-state index in [4.69, 9.17) is 32.9 Å². The molecule has 0 aliphatic carbocycles. The molecule has 0 bridgehead atoms. The number of amides is 3. The zero-order chi connectivity index (χ0) is 37.1. The second-order valence-corrected chi connectivity index (χ2v) is 16.7. The highest BCUT2D eigenvalue weighted by Gasteiger charge is 2.45. The summed E-state index contributed by atoms with van der Waals surface area (Å²) in [5.74, 6) is 0.618. The molecule has 11 nitrogen and oxygen atoms in total. The number of benzene rings is 3. The Morgan fingerprint density at radius 3 is 2.11 bits per heavy atom. The summed E-state index contributed by atoms with van der Waals surface area (Å²) < 4.78 is 37.4. The fraction of sp³-hybridized carbons (Fsp3) is 0.462. The number of amidine groups is 1. The van der Waals surface area contributed by atoms with Crippen molar-refractivity contribution in [2.75, 3.05) is 57.3 Å². The fourth-order valence-electron chi connectivity index (χ4n) is 7.80. The molecular formula is C39H46Cl2N6O5S. The van der Waals surface area contributed by atoms with E-state index in [9.17, 15) is 13.2 Å². The summed E-state index contributed by atoms with van der Waals surface area (Å²) in [5, 5.41) is 3.98. The van der Waals surface area contributed by atoms with E-state index < -0.39 is 22.1 Å². The standard InChI is InChI=1S/C39H46Cl2N6O5S/c1-2-52-33-26-32(44-19-5-3-6-20-44)34(53(50,51)46-21-7-4-8-22-46)25-31(33)38-43-36(27-9-13-29(40)14-10-27)37(28-11-15-30(41)16-12-28)47(38)39(49)45-23-17-35(48)42-18-24-45/h9-16,25-26,36-37H,2-8,17-24H2,1H3,(H,42,48)/t36-,37+/m1/s1. The highest BCUT2D eigenvalue weighted by molar-refractivity contribution is 7.89. The van der Waals surface area contributed by atoms with Gasteiger partial charge >= 0.3 is 6.03 Å². The summed E-state index contributed by atoms with van der Waals surface area (Å²) in [6.07, 6.45) is 5.76. The lowest BCUT2D eigenvalue weighted by Crippen LogP contribution is -2.47. The third-order valence-electron chi connectivity index (χ3n) is 10.5. The van der Waals surface area contributed by atoms with Crippen molar-refractivity contribution in [3.05, 3.63) is 87.4 Å². The Morgan fingerprint density at radius 1 is 0.849 bits per heavy atom. The highest BCUT2D eigenvalue weighted by Crippen LogP contribution is 2.47. The molecule has 2 atom stereocenters. The van der Waals surface area contributed by atoms with E-state index in [0.717, 1.165) is 62.7 Å². The second kappa shape index (κ2) is 16.3. The van der Waals surface area contributed by atoms with Gasteiger partial charge in [0.05, 0.1) is 23.9 Å². The first-order valence-electron chi connectivity index (χ1n) is 18.7. The van der Waals surface area contributed by atoms with Gasteiger partial charge in [0.15, 0.2) is 0 Å². The van der Waals surface area contributed by atoms with Crippen molar-refractivity contribution in [3.8, 4) is 5.75 Å². The van der Waals surface area contributed by atoms with Gasteiger partial charge in [-0.3, -0.25) is 14.7 Å². The molecule has 4 aliphatic rings. The molecule has 0 radical (unpaired) electrons. The number of piperidine rings is 2. The molecule has 3 amide bonds. The number of ether oxygens (including phenoxy) is 1. The molecule has 3 aromatic carbocycles. The third kappa shape index (κ3) is 7.87. The van der Waals surface area contributed by atoms with Crippen molar-refractivity contribution in [2.45, 2.75) is 68.8 Å². The van der Waals surface area contributed by atoms with Gasteiger partial charge in [-0.2, -0.15) is 4.31 Å². The Hall–Kier alpha value is -3.84. The van der Waals surface area contributed by atoms with E-state index in [1.807, 2.05) is 37.3 Å². The maximum atomic E-state index is 15.0. The molecule has 4 aliphatic heterocycles. The van der Waals surface area contributed by atoms with Gasteiger partial charge in [-0.15, -0.1) is 0 Å². The lowest BCUT2D eigenvalue weighted by atomic mass is 9.93. The van der Waals surface area contributed by atoms with Gasteiger partial charge in [0, 0.05) is 68.3 Å². The molecule has 3 saturated heterocycles. The predicted octanol–water partition coefficient (Wildman–Crippen LogP) is 7.04. The van der Waals surface area contributed by atoms with Crippen LogP contribution in [0, 0.1) is 0 Å². The number of hydrogen-bond acceptors (Lipinski definition) is 7. The molecular weight excluding hydrogens is 735 g/mol. The second-order valence-electron chi connectivity index (χ2n) is 13.9. The lowest BCUT2D eigenvalue weighted by molar-refractivity contribution is -0.120. The number of sulfonamides is 1. The van der Waals surface area contributed by atoms with Crippen LogP contribution < -0.4 is 15.0 Å². The summed E-state index contributed by atoms with van der Waals surface area (Å²) in [5.41, 5.74) is 2.63. The minimum absolute atomic E-state index is 0.122. The molecule has 1 N–H and O–H groups in total. The molecule has 0 aromatic heterocycles. The number of urea groups is 1. The number of carbonyl (C=O) groups is 2. The minimum atomic E-state index is -3.94. The topological polar surface area (TPSA) is 115 Å². The number of anilines is 1. The van der Waals surface area contributed by atoms with Gasteiger partial charge in [0.1, 0.15) is 22.5 Å². The van der Waals surface area contributed by atoms with Gasteiger partial charge in [0.2, 0.25) is 15.9 Å². The Bertz CT molecular complexity index is 1950. The monoisotopic (exact) mass is 780 g/mol. The van der Waals surface area contributed by atoms with Crippen LogP contribution in [-0.2, 0) is 14.8 Å². The SMILES string of the molecule is CCOc1cc(N2CCCCC2)c(S(=O)(=O)N2CCCCC2)cc1C1=N[C@H](c2ccc(Cl)cc2)[C@H](c2ccc(Cl)cc2)N1C(=O)N1CCNC(=O)CC1. The Labute approximate surface area is 321 Å². The largest absolute Gasteiger partial charge is 0.493 e. The third-order valence-corrected chi connectivity index (χ3v) is 12.9. The highest BCUT2D eigenvalue weighted by atomic mass is 35.5. The van der Waals surface area contributed by atoms with Crippen LogP contribution in [0.3, 0.4) is 0 Å². The predicted molar refractivity (Wildman–Crippen MR) is 208 cm³/mol. The number of aliphatic imine (C=N–C) groups is 1. The molecule has 0 saturated carbocycles. The first kappa shape index (κ1) is 37.5. The van der Waals surface area contributed by atoms with Gasteiger partial charge in [-0.1, -0.05) is 53.9 Å². The number of halogens is 2. The van der Waals surface area contributed by atoms with Crippen LogP contribution in [0.2, 0.25) is 10.0 Å². The van der Waals surface area contributed by atoms with E-state index in [-0.39, 0.29) is 29.8 Å². The van der Waals surface area contributed by atoms with Crippen LogP contribution in [0.25, 0.3) is 0 Å². The van der Waals surface area contributed by atoms with Crippen molar-refractivity contribution in [1.82, 2.24) is 19.4 Å². The zero-order valence-electron chi connectivity index (χ0n) is 30.0. The van der Waals surface area contributed by atoms with Crippen molar-refractivity contribution >= 4 is 56.7 Å². The molecule has 0 unspecified atom stereocenters. The van der Waals surface area contributed by atoms with Crippen LogP contribution in [0.1, 0.15) is 80.6 Å². The van der Waals surface area contributed by atoms with E-state index in [0.29, 0.717) is 65.7 Å². The molecule has 53 heavy (non-hydrogen) atoms. The van der Waals surface area contributed by atoms with E-state index in [1.165, 1.54) is 0 Å². The van der Waals surface area contributed by atoms with Crippen molar-refractivity contribution in [1.29, 1.82) is 0 Å². The van der Waals surface area contributed by atoms with E-state index in [1.54, 1.807) is 44.4 Å². The number of nitrogens with zero attached hydrogens (tertiary/aromatic N) is 5. The van der Waals surface area contributed by atoms with Gasteiger partial charge < -0.3 is 19.9 Å². The van der Waals surface area contributed by atoms with Crippen LogP contribution >= 0.6 is 23.2 Å². The smallest absolute Gasteiger partial charge is 0.326 e. The number of nitrogens with one attached hydrogen (secondary N) is 1. The maximum Gasteiger partial charge on any atom is 0.326 e. The zero-order valence-corrected chi connectivity index (χ0v) is 32.3. The van der Waals surface area contributed by atoms with Crippen molar-refractivity contribution in [3.63, 3.8) is 0 Å². The quantitative estimate of drug-likeness (QED) is 0.262. The normalized spacial score (nSPS) is 21.6. The molecule has 282 valence electrons. The molecule has 3 aromatic rings. The Morgan fingerprint density at radius 2 is 1.47 bits per heavy atom. The maximum absolute atomic E-state index is 15.0. The van der Waals surface area contributed by atoms with E-state index in [2.05, 4.69) is 10.2 Å². The summed E-state index contributed by atoms with van der Waals surface area (Å²) in [7, 11) is -3.94. The average molecular weight is 782 g/mol. The molecule has 14 heteroatoms. The summed E-state index contributed by atoms with van der Waals surface area (Å²) in [4.78, 5) is 38.4. The van der Waals surface area contributed by atoms with Gasteiger partial charge in [0.25, 0.3) is 0 Å². The minimum Gasteiger partial charge on any atom is -0.493 e. The Kier molecular flexibility index (Phi) is 11.5. The first-order valence-corrected chi connectivity index (χ1v) is 20.8. The number of hydrogen-bond donors (Lipinski definition) is 1. The lowest BCUT2D eigenvalue weighted by Gasteiger charge is -2.35. The summed E-state index contributed by atoms with van der Waals surface area (Å²) >= 11 is 12.7. The first-order chi connectivity index (χ1) is 25.7. The molecule has 3 fully saturated rings. The summed E-state index contributed by atoms with van der Waals surface area (Å²) in [6, 6.07) is 16.7. The van der Waals surface area contributed by atoms with Gasteiger partial charge in [-0.05, 0) is 80.5 Å². The number of rotatable bonds is 8. The molecule has 0 spiro atoms. The number of carbonyl (C=O) groups excluding carboxylic acids is 2. The van der Waals surface area contributed by atoms with Crippen LogP contribution in [0.15, 0.2) is 70.6 Å². The molecule has 4 heterocycles. The van der Waals surface area contributed by atoms with Crippen molar-refractivity contribution in [2.24, 2.45) is 4.99 Å². The van der Waals surface area contributed by atoms with Crippen LogP contribution in [0.4, 0.5) is 10.5 Å². The average Bonchev–Trinajstić information content (AvgIpc) is 3.43. The fourth-order valence-corrected chi connectivity index (χ4v) is 9.79. The summed E-state index contributed by atoms with van der Waals surface area (Å²) in [6.45, 7) is 5.40. The molecule has 7 rings (SSSR count).